The first-order valence-electron chi connectivity index (χ1n) is 5.53. The fourth-order valence-corrected chi connectivity index (χ4v) is 1.86. The van der Waals surface area contributed by atoms with E-state index in [-0.39, 0.29) is 6.03 Å². The van der Waals surface area contributed by atoms with E-state index in [1.54, 1.807) is 30.1 Å². The van der Waals surface area contributed by atoms with E-state index < -0.39 is 0 Å². The molecule has 0 unspecified atom stereocenters. The molecule has 1 fully saturated rings. The van der Waals surface area contributed by atoms with E-state index in [4.69, 9.17) is 23.2 Å². The first-order valence-corrected chi connectivity index (χ1v) is 6.29. The van der Waals surface area contributed by atoms with Crippen LogP contribution >= 0.6 is 23.2 Å². The highest BCUT2D eigenvalue weighted by Gasteiger charge is 2.24. The molecule has 3 nitrogen and oxygen atoms in total. The van der Waals surface area contributed by atoms with Gasteiger partial charge < -0.3 is 10.2 Å². The minimum absolute atomic E-state index is 0.115. The molecule has 17 heavy (non-hydrogen) atoms. The number of hydrogen-bond donors (Lipinski definition) is 1. The average molecular weight is 273 g/mol. The molecular weight excluding hydrogens is 259 g/mol. The number of amides is 2. The zero-order chi connectivity index (χ0) is 12.4. The Balaban J connectivity index is 1.94. The minimum atomic E-state index is -0.115. The molecule has 1 aromatic carbocycles. The van der Waals surface area contributed by atoms with Gasteiger partial charge in [0, 0.05) is 19.3 Å². The van der Waals surface area contributed by atoms with Crippen LogP contribution in [0.4, 0.5) is 10.5 Å². The molecule has 0 bridgehead atoms. The van der Waals surface area contributed by atoms with Gasteiger partial charge in [-0.15, -0.1) is 0 Å². The standard InChI is InChI=1S/C12H14Cl2N2O/c1-16(7-8-2-3-8)12(17)15-9-4-5-10(13)11(14)6-9/h4-6,8H,2-3,7H2,1H3,(H,15,17). The van der Waals surface area contributed by atoms with Crippen molar-refractivity contribution in [3.63, 3.8) is 0 Å². The van der Waals surface area contributed by atoms with Crippen LogP contribution in [0.15, 0.2) is 18.2 Å². The molecule has 1 aliphatic carbocycles. The van der Waals surface area contributed by atoms with Gasteiger partial charge in [0.2, 0.25) is 0 Å². The first-order chi connectivity index (χ1) is 8.06. The highest BCUT2D eigenvalue weighted by Crippen LogP contribution is 2.29. The molecule has 2 amide bonds. The number of halogens is 2. The summed E-state index contributed by atoms with van der Waals surface area (Å²) in [6.45, 7) is 0.813. The Labute approximate surface area is 111 Å². The molecule has 1 saturated carbocycles. The van der Waals surface area contributed by atoms with Crippen molar-refractivity contribution in [2.75, 3.05) is 18.9 Å². The van der Waals surface area contributed by atoms with Gasteiger partial charge >= 0.3 is 6.03 Å². The van der Waals surface area contributed by atoms with E-state index in [1.165, 1.54) is 12.8 Å². The number of hydrogen-bond acceptors (Lipinski definition) is 1. The molecule has 0 aliphatic heterocycles. The second-order valence-corrected chi connectivity index (χ2v) is 5.20. The lowest BCUT2D eigenvalue weighted by Crippen LogP contribution is -2.32. The molecule has 0 atom stereocenters. The highest BCUT2D eigenvalue weighted by atomic mass is 35.5. The summed E-state index contributed by atoms with van der Waals surface area (Å²) in [7, 11) is 1.80. The van der Waals surface area contributed by atoms with Crippen LogP contribution in [0.5, 0.6) is 0 Å². The van der Waals surface area contributed by atoms with Crippen LogP contribution in [-0.4, -0.2) is 24.5 Å². The molecule has 2 rings (SSSR count). The highest BCUT2D eigenvalue weighted by molar-refractivity contribution is 6.42. The lowest BCUT2D eigenvalue weighted by Gasteiger charge is -2.17. The van der Waals surface area contributed by atoms with Crippen LogP contribution in [0.1, 0.15) is 12.8 Å². The van der Waals surface area contributed by atoms with Crippen LogP contribution in [-0.2, 0) is 0 Å². The van der Waals surface area contributed by atoms with Gasteiger partial charge in [-0.25, -0.2) is 4.79 Å². The number of nitrogens with zero attached hydrogens (tertiary/aromatic N) is 1. The number of carbonyl (C=O) groups excluding carboxylic acids is 1. The summed E-state index contributed by atoms with van der Waals surface area (Å²) >= 11 is 11.7. The Hall–Kier alpha value is -0.930. The van der Waals surface area contributed by atoms with Gasteiger partial charge in [0.15, 0.2) is 0 Å². The van der Waals surface area contributed by atoms with Crippen molar-refractivity contribution in [3.8, 4) is 0 Å². The number of nitrogens with one attached hydrogen (secondary N) is 1. The van der Waals surface area contributed by atoms with Crippen molar-refractivity contribution in [2.45, 2.75) is 12.8 Å². The Morgan fingerprint density at radius 3 is 2.71 bits per heavy atom. The second kappa shape index (κ2) is 5.15. The lowest BCUT2D eigenvalue weighted by molar-refractivity contribution is 0.220. The fourth-order valence-electron chi connectivity index (χ4n) is 1.56. The average Bonchev–Trinajstić information content (AvgIpc) is 3.07. The van der Waals surface area contributed by atoms with E-state index in [2.05, 4.69) is 5.32 Å². The Bertz CT molecular complexity index is 433. The molecule has 1 aliphatic rings. The predicted octanol–water partition coefficient (Wildman–Crippen LogP) is 3.87. The van der Waals surface area contributed by atoms with Crippen LogP contribution in [0, 0.1) is 5.92 Å². The predicted molar refractivity (Wildman–Crippen MR) is 70.8 cm³/mol. The van der Waals surface area contributed by atoms with Gasteiger partial charge in [-0.2, -0.15) is 0 Å². The minimum Gasteiger partial charge on any atom is -0.327 e. The molecule has 5 heteroatoms. The topological polar surface area (TPSA) is 32.3 Å². The first kappa shape index (κ1) is 12.5. The molecule has 1 aromatic rings. The third-order valence-corrected chi connectivity index (χ3v) is 3.49. The van der Waals surface area contributed by atoms with Gasteiger partial charge in [-0.1, -0.05) is 23.2 Å². The molecule has 0 saturated heterocycles. The number of carbonyl (C=O) groups is 1. The van der Waals surface area contributed by atoms with Crippen molar-refractivity contribution in [3.05, 3.63) is 28.2 Å². The van der Waals surface area contributed by atoms with Crippen molar-refractivity contribution < 1.29 is 4.79 Å². The third kappa shape index (κ3) is 3.51. The van der Waals surface area contributed by atoms with E-state index >= 15 is 0 Å². The van der Waals surface area contributed by atoms with Gasteiger partial charge in [-0.05, 0) is 37.0 Å². The number of anilines is 1. The summed E-state index contributed by atoms with van der Waals surface area (Å²) in [5, 5.41) is 3.71. The van der Waals surface area contributed by atoms with E-state index in [1.807, 2.05) is 0 Å². The van der Waals surface area contributed by atoms with E-state index in [0.29, 0.717) is 21.7 Å². The Morgan fingerprint density at radius 1 is 1.41 bits per heavy atom. The Kier molecular flexibility index (Phi) is 3.79. The van der Waals surface area contributed by atoms with Gasteiger partial charge in [0.25, 0.3) is 0 Å². The van der Waals surface area contributed by atoms with E-state index in [0.717, 1.165) is 6.54 Å². The van der Waals surface area contributed by atoms with Crippen LogP contribution in [0.2, 0.25) is 10.0 Å². The van der Waals surface area contributed by atoms with Crippen molar-refractivity contribution in [1.82, 2.24) is 4.90 Å². The van der Waals surface area contributed by atoms with Crippen LogP contribution < -0.4 is 5.32 Å². The van der Waals surface area contributed by atoms with Crippen LogP contribution in [0.25, 0.3) is 0 Å². The van der Waals surface area contributed by atoms with Gasteiger partial charge in [-0.3, -0.25) is 0 Å². The van der Waals surface area contributed by atoms with Gasteiger partial charge in [0.1, 0.15) is 0 Å². The monoisotopic (exact) mass is 272 g/mol. The maximum absolute atomic E-state index is 11.8. The number of urea groups is 1. The molecular formula is C12H14Cl2N2O. The summed E-state index contributed by atoms with van der Waals surface area (Å²) in [5.41, 5.74) is 0.659. The second-order valence-electron chi connectivity index (χ2n) is 4.38. The van der Waals surface area contributed by atoms with Crippen molar-refractivity contribution >= 4 is 34.9 Å². The van der Waals surface area contributed by atoms with Crippen LogP contribution in [0.3, 0.4) is 0 Å². The summed E-state index contributed by atoms with van der Waals surface area (Å²) in [6, 6.07) is 4.93. The summed E-state index contributed by atoms with van der Waals surface area (Å²) in [6.07, 6.45) is 2.45. The van der Waals surface area contributed by atoms with Gasteiger partial charge in [0.05, 0.1) is 10.0 Å². The molecule has 92 valence electrons. The Morgan fingerprint density at radius 2 is 2.12 bits per heavy atom. The lowest BCUT2D eigenvalue weighted by atomic mass is 10.3. The molecule has 0 radical (unpaired) electrons. The maximum atomic E-state index is 11.8. The molecule has 0 spiro atoms. The normalized spacial score (nSPS) is 14.5. The molecule has 0 aromatic heterocycles. The largest absolute Gasteiger partial charge is 0.327 e. The molecule has 0 heterocycles. The van der Waals surface area contributed by atoms with E-state index in [9.17, 15) is 4.79 Å². The summed E-state index contributed by atoms with van der Waals surface area (Å²) < 4.78 is 0. The number of benzene rings is 1. The smallest absolute Gasteiger partial charge is 0.321 e. The maximum Gasteiger partial charge on any atom is 0.321 e. The molecule has 1 N–H and O–H groups in total. The fraction of sp³-hybridized carbons (Fsp3) is 0.417. The summed E-state index contributed by atoms with van der Waals surface area (Å²) in [5.74, 6) is 0.680. The SMILES string of the molecule is CN(CC1CC1)C(=O)Nc1ccc(Cl)c(Cl)c1. The third-order valence-electron chi connectivity index (χ3n) is 2.75. The van der Waals surface area contributed by atoms with Crippen molar-refractivity contribution in [1.29, 1.82) is 0 Å². The zero-order valence-corrected chi connectivity index (χ0v) is 11.1. The quantitative estimate of drug-likeness (QED) is 0.890. The summed E-state index contributed by atoms with van der Waals surface area (Å²) in [4.78, 5) is 13.5. The number of rotatable bonds is 3. The zero-order valence-electron chi connectivity index (χ0n) is 9.54. The van der Waals surface area contributed by atoms with Crippen molar-refractivity contribution in [2.24, 2.45) is 5.92 Å².